The molecular weight excluding hydrogens is 174 g/mol. The molecule has 2 rings (SSSR count). The van der Waals surface area contributed by atoms with Gasteiger partial charge in [-0.15, -0.1) is 0 Å². The summed E-state index contributed by atoms with van der Waals surface area (Å²) in [6.45, 7) is 7.30. The Bertz CT molecular complexity index is 205. The number of nitrogens with zero attached hydrogens (tertiary/aromatic N) is 2. The first-order valence-corrected chi connectivity index (χ1v) is 5.63. The second kappa shape index (κ2) is 4.32. The predicted molar refractivity (Wildman–Crippen MR) is 59.0 cm³/mol. The third-order valence-corrected chi connectivity index (χ3v) is 3.45. The standard InChI is InChI=1S/C11H21N3/c1-3-13(2)9-11-12-7-6-10-5-4-8-14(10)11/h3,10-12H,1,4-9H2,2H3/t10-,11+/m0/s1. The minimum Gasteiger partial charge on any atom is -0.378 e. The van der Waals surface area contributed by atoms with Gasteiger partial charge in [0.15, 0.2) is 0 Å². The zero-order valence-electron chi connectivity index (χ0n) is 9.08. The summed E-state index contributed by atoms with van der Waals surface area (Å²) < 4.78 is 0. The van der Waals surface area contributed by atoms with Crippen LogP contribution in [0.3, 0.4) is 0 Å². The fourth-order valence-corrected chi connectivity index (χ4v) is 2.63. The van der Waals surface area contributed by atoms with E-state index in [0.29, 0.717) is 6.17 Å². The van der Waals surface area contributed by atoms with Crippen molar-refractivity contribution in [2.24, 2.45) is 0 Å². The average Bonchev–Trinajstić information content (AvgIpc) is 2.66. The van der Waals surface area contributed by atoms with Crippen molar-refractivity contribution in [1.29, 1.82) is 0 Å². The maximum atomic E-state index is 3.79. The van der Waals surface area contributed by atoms with E-state index in [1.165, 1.54) is 32.4 Å². The highest BCUT2D eigenvalue weighted by Crippen LogP contribution is 2.24. The maximum absolute atomic E-state index is 3.79. The topological polar surface area (TPSA) is 18.5 Å². The van der Waals surface area contributed by atoms with E-state index >= 15 is 0 Å². The lowest BCUT2D eigenvalue weighted by Crippen LogP contribution is -2.57. The van der Waals surface area contributed by atoms with Crippen LogP contribution >= 0.6 is 0 Å². The molecule has 2 heterocycles. The second-order valence-electron chi connectivity index (χ2n) is 4.41. The van der Waals surface area contributed by atoms with E-state index in [-0.39, 0.29) is 0 Å². The Morgan fingerprint density at radius 3 is 3.21 bits per heavy atom. The zero-order chi connectivity index (χ0) is 9.97. The van der Waals surface area contributed by atoms with Crippen LogP contribution in [0.1, 0.15) is 19.3 Å². The summed E-state index contributed by atoms with van der Waals surface area (Å²) in [6, 6.07) is 0.847. The van der Waals surface area contributed by atoms with Crippen molar-refractivity contribution in [2.45, 2.75) is 31.5 Å². The molecule has 3 nitrogen and oxygen atoms in total. The van der Waals surface area contributed by atoms with Gasteiger partial charge in [-0.25, -0.2) is 0 Å². The summed E-state index contributed by atoms with van der Waals surface area (Å²) >= 11 is 0. The van der Waals surface area contributed by atoms with Gasteiger partial charge in [-0.3, -0.25) is 4.90 Å². The summed E-state index contributed by atoms with van der Waals surface area (Å²) in [7, 11) is 2.09. The van der Waals surface area contributed by atoms with Gasteiger partial charge in [-0.2, -0.15) is 0 Å². The fourth-order valence-electron chi connectivity index (χ4n) is 2.63. The molecule has 0 unspecified atom stereocenters. The molecular formula is C11H21N3. The summed E-state index contributed by atoms with van der Waals surface area (Å²) in [5, 5.41) is 3.59. The third kappa shape index (κ3) is 1.93. The van der Waals surface area contributed by atoms with Gasteiger partial charge in [0, 0.05) is 26.2 Å². The lowest BCUT2D eigenvalue weighted by atomic mass is 10.1. The monoisotopic (exact) mass is 195 g/mol. The smallest absolute Gasteiger partial charge is 0.0780 e. The zero-order valence-corrected chi connectivity index (χ0v) is 9.08. The van der Waals surface area contributed by atoms with Crippen molar-refractivity contribution in [3.63, 3.8) is 0 Å². The van der Waals surface area contributed by atoms with Crippen LogP contribution in [0, 0.1) is 0 Å². The minimum atomic E-state index is 0.541. The highest BCUT2D eigenvalue weighted by atomic mass is 15.3. The first-order valence-electron chi connectivity index (χ1n) is 5.63. The van der Waals surface area contributed by atoms with E-state index in [9.17, 15) is 0 Å². The number of hydrogen-bond donors (Lipinski definition) is 1. The van der Waals surface area contributed by atoms with Crippen molar-refractivity contribution in [1.82, 2.24) is 15.1 Å². The lowest BCUT2D eigenvalue weighted by Gasteiger charge is -2.40. The van der Waals surface area contributed by atoms with Crippen molar-refractivity contribution in [3.05, 3.63) is 12.8 Å². The summed E-state index contributed by atoms with van der Waals surface area (Å²) in [4.78, 5) is 4.79. The normalized spacial score (nSPS) is 32.6. The first kappa shape index (κ1) is 9.99. The molecule has 0 aromatic carbocycles. The van der Waals surface area contributed by atoms with E-state index in [1.54, 1.807) is 0 Å². The Morgan fingerprint density at radius 2 is 2.43 bits per heavy atom. The van der Waals surface area contributed by atoms with Gasteiger partial charge < -0.3 is 10.2 Å². The number of rotatable bonds is 3. The molecule has 2 aliphatic rings. The van der Waals surface area contributed by atoms with E-state index in [0.717, 1.165) is 12.6 Å². The Labute approximate surface area is 86.8 Å². The van der Waals surface area contributed by atoms with Crippen LogP contribution in [0.4, 0.5) is 0 Å². The molecule has 2 fully saturated rings. The molecule has 0 saturated carbocycles. The summed E-state index contributed by atoms with van der Waals surface area (Å²) in [5.74, 6) is 0. The third-order valence-electron chi connectivity index (χ3n) is 3.45. The van der Waals surface area contributed by atoms with E-state index < -0.39 is 0 Å². The Hall–Kier alpha value is -0.540. The van der Waals surface area contributed by atoms with Crippen LogP contribution in [-0.4, -0.2) is 48.7 Å². The molecule has 1 N–H and O–H groups in total. The quantitative estimate of drug-likeness (QED) is 0.720. The first-order chi connectivity index (χ1) is 6.81. The van der Waals surface area contributed by atoms with Gasteiger partial charge in [0.25, 0.3) is 0 Å². The van der Waals surface area contributed by atoms with Crippen LogP contribution in [-0.2, 0) is 0 Å². The molecule has 80 valence electrons. The molecule has 0 aliphatic carbocycles. The Morgan fingerprint density at radius 1 is 1.57 bits per heavy atom. The molecule has 2 saturated heterocycles. The molecule has 0 bridgehead atoms. The largest absolute Gasteiger partial charge is 0.378 e. The summed E-state index contributed by atoms with van der Waals surface area (Å²) in [5.41, 5.74) is 0. The minimum absolute atomic E-state index is 0.541. The molecule has 0 radical (unpaired) electrons. The predicted octanol–water partition coefficient (Wildman–Crippen LogP) is 0.845. The van der Waals surface area contributed by atoms with E-state index in [2.05, 4.69) is 28.7 Å². The number of hydrogen-bond acceptors (Lipinski definition) is 3. The van der Waals surface area contributed by atoms with Gasteiger partial charge >= 0.3 is 0 Å². The van der Waals surface area contributed by atoms with Crippen LogP contribution in [0.15, 0.2) is 12.8 Å². The van der Waals surface area contributed by atoms with Gasteiger partial charge in [0.1, 0.15) is 0 Å². The maximum Gasteiger partial charge on any atom is 0.0780 e. The Balaban J connectivity index is 1.93. The number of nitrogens with one attached hydrogen (secondary N) is 1. The molecule has 2 atom stereocenters. The second-order valence-corrected chi connectivity index (χ2v) is 4.41. The van der Waals surface area contributed by atoms with Crippen LogP contribution in [0.5, 0.6) is 0 Å². The molecule has 3 heteroatoms. The van der Waals surface area contributed by atoms with Crippen LogP contribution in [0.2, 0.25) is 0 Å². The number of fused-ring (bicyclic) bond motifs is 1. The molecule has 0 spiro atoms. The fraction of sp³-hybridized carbons (Fsp3) is 0.818. The van der Waals surface area contributed by atoms with Crippen molar-refractivity contribution < 1.29 is 0 Å². The van der Waals surface area contributed by atoms with E-state index in [1.807, 2.05) is 6.20 Å². The lowest BCUT2D eigenvalue weighted by molar-refractivity contribution is 0.0899. The molecule has 0 aromatic heterocycles. The Kier molecular flexibility index (Phi) is 3.08. The van der Waals surface area contributed by atoms with Crippen molar-refractivity contribution >= 4 is 0 Å². The molecule has 2 aliphatic heterocycles. The summed E-state index contributed by atoms with van der Waals surface area (Å²) in [6.07, 6.45) is 6.55. The molecule has 0 aromatic rings. The molecule has 14 heavy (non-hydrogen) atoms. The van der Waals surface area contributed by atoms with E-state index in [4.69, 9.17) is 0 Å². The molecule has 0 amide bonds. The van der Waals surface area contributed by atoms with Crippen LogP contribution in [0.25, 0.3) is 0 Å². The van der Waals surface area contributed by atoms with Gasteiger partial charge in [-0.05, 0) is 32.0 Å². The van der Waals surface area contributed by atoms with Gasteiger partial charge in [0.05, 0.1) is 6.17 Å². The number of likely N-dealkylation sites (N-methyl/N-ethyl adjacent to an activating group) is 1. The van der Waals surface area contributed by atoms with Gasteiger partial charge in [0.2, 0.25) is 0 Å². The highest BCUT2D eigenvalue weighted by molar-refractivity contribution is 4.90. The average molecular weight is 195 g/mol. The van der Waals surface area contributed by atoms with Crippen molar-refractivity contribution in [2.75, 3.05) is 26.7 Å². The van der Waals surface area contributed by atoms with Crippen molar-refractivity contribution in [3.8, 4) is 0 Å². The van der Waals surface area contributed by atoms with Gasteiger partial charge in [-0.1, -0.05) is 6.58 Å². The van der Waals surface area contributed by atoms with Crippen LogP contribution < -0.4 is 5.32 Å². The SMILES string of the molecule is C=CN(C)C[C@@H]1NCC[C@@H]2CCCN21. The highest BCUT2D eigenvalue weighted by Gasteiger charge is 2.33.